The van der Waals surface area contributed by atoms with Gasteiger partial charge in [0, 0.05) is 7.05 Å². The highest BCUT2D eigenvalue weighted by Crippen LogP contribution is 2.25. The predicted octanol–water partition coefficient (Wildman–Crippen LogP) is 0.632. The SMILES string of the molecule is COc1ccccc1OCCN(C)C(=O)CNC(=O)[C@@H](N)C(C)C. The minimum Gasteiger partial charge on any atom is -0.493 e. The van der Waals surface area contributed by atoms with Crippen molar-refractivity contribution in [3.05, 3.63) is 24.3 Å². The van der Waals surface area contributed by atoms with Crippen molar-refractivity contribution in [2.24, 2.45) is 11.7 Å². The van der Waals surface area contributed by atoms with Crippen LogP contribution in [-0.2, 0) is 9.59 Å². The van der Waals surface area contributed by atoms with Gasteiger partial charge in [0.1, 0.15) is 6.61 Å². The van der Waals surface area contributed by atoms with Crippen molar-refractivity contribution in [2.75, 3.05) is 33.9 Å². The third-order valence-electron chi connectivity index (χ3n) is 3.61. The molecule has 1 aromatic carbocycles. The quantitative estimate of drug-likeness (QED) is 0.689. The lowest BCUT2D eigenvalue weighted by Crippen LogP contribution is -2.47. The van der Waals surface area contributed by atoms with Gasteiger partial charge in [-0.2, -0.15) is 0 Å². The van der Waals surface area contributed by atoms with Gasteiger partial charge in [-0.25, -0.2) is 0 Å². The first-order valence-electron chi connectivity index (χ1n) is 7.89. The van der Waals surface area contributed by atoms with E-state index < -0.39 is 6.04 Å². The summed E-state index contributed by atoms with van der Waals surface area (Å²) in [4.78, 5) is 25.2. The molecule has 0 unspecified atom stereocenters. The van der Waals surface area contributed by atoms with Crippen LogP contribution in [0.15, 0.2) is 24.3 Å². The number of likely N-dealkylation sites (N-methyl/N-ethyl adjacent to an activating group) is 1. The Morgan fingerprint density at radius 1 is 1.25 bits per heavy atom. The molecule has 1 aromatic rings. The zero-order valence-electron chi connectivity index (χ0n) is 14.7. The summed E-state index contributed by atoms with van der Waals surface area (Å²) < 4.78 is 10.8. The Labute approximate surface area is 143 Å². The van der Waals surface area contributed by atoms with E-state index in [1.165, 1.54) is 4.90 Å². The van der Waals surface area contributed by atoms with Crippen LogP contribution < -0.4 is 20.5 Å². The number of methoxy groups -OCH3 is 1. The van der Waals surface area contributed by atoms with Crippen molar-refractivity contribution >= 4 is 11.8 Å². The van der Waals surface area contributed by atoms with Crippen LogP contribution >= 0.6 is 0 Å². The first kappa shape index (κ1) is 19.8. The smallest absolute Gasteiger partial charge is 0.241 e. The number of nitrogens with zero attached hydrogens (tertiary/aromatic N) is 1. The standard InChI is InChI=1S/C17H27N3O4/c1-12(2)16(18)17(22)19-11-15(21)20(3)9-10-24-14-8-6-5-7-13(14)23-4/h5-8,12,16H,9-11,18H2,1-4H3,(H,19,22)/t16-/m0/s1. The van der Waals surface area contributed by atoms with Crippen molar-refractivity contribution in [2.45, 2.75) is 19.9 Å². The van der Waals surface area contributed by atoms with Crippen LogP contribution in [0, 0.1) is 5.92 Å². The van der Waals surface area contributed by atoms with Crippen molar-refractivity contribution in [3.8, 4) is 11.5 Å². The largest absolute Gasteiger partial charge is 0.493 e. The summed E-state index contributed by atoms with van der Waals surface area (Å²) in [5.74, 6) is 0.755. The van der Waals surface area contributed by atoms with E-state index in [1.807, 2.05) is 26.0 Å². The molecular weight excluding hydrogens is 310 g/mol. The fourth-order valence-electron chi connectivity index (χ4n) is 1.87. The fourth-order valence-corrected chi connectivity index (χ4v) is 1.87. The molecule has 0 aliphatic rings. The van der Waals surface area contributed by atoms with Crippen LogP contribution in [0.25, 0.3) is 0 Å². The molecule has 1 rings (SSSR count). The number of nitrogens with one attached hydrogen (secondary N) is 1. The third kappa shape index (κ3) is 6.08. The second kappa shape index (κ2) is 9.77. The molecule has 0 saturated heterocycles. The highest BCUT2D eigenvalue weighted by Gasteiger charge is 2.18. The van der Waals surface area contributed by atoms with Crippen molar-refractivity contribution in [1.29, 1.82) is 0 Å². The lowest BCUT2D eigenvalue weighted by Gasteiger charge is -2.20. The van der Waals surface area contributed by atoms with Crippen LogP contribution in [0.5, 0.6) is 11.5 Å². The van der Waals surface area contributed by atoms with Gasteiger partial charge >= 0.3 is 0 Å². The molecule has 0 saturated carbocycles. The Morgan fingerprint density at radius 3 is 2.46 bits per heavy atom. The molecule has 7 heteroatoms. The van der Waals surface area contributed by atoms with Gasteiger partial charge in [-0.1, -0.05) is 26.0 Å². The molecule has 3 N–H and O–H groups in total. The molecule has 7 nitrogen and oxygen atoms in total. The Hall–Kier alpha value is -2.28. The summed E-state index contributed by atoms with van der Waals surface area (Å²) in [6.07, 6.45) is 0. The molecule has 0 aliphatic carbocycles. The molecule has 24 heavy (non-hydrogen) atoms. The van der Waals surface area contributed by atoms with E-state index in [-0.39, 0.29) is 24.3 Å². The van der Waals surface area contributed by atoms with Crippen LogP contribution in [0.4, 0.5) is 0 Å². The van der Waals surface area contributed by atoms with Crippen LogP contribution in [0.1, 0.15) is 13.8 Å². The molecule has 0 bridgehead atoms. The number of nitrogens with two attached hydrogens (primary N) is 1. The van der Waals surface area contributed by atoms with Crippen molar-refractivity contribution in [3.63, 3.8) is 0 Å². The number of rotatable bonds is 9. The van der Waals surface area contributed by atoms with E-state index in [4.69, 9.17) is 15.2 Å². The Bertz CT molecular complexity index is 548. The van der Waals surface area contributed by atoms with Crippen LogP contribution in [0.2, 0.25) is 0 Å². The molecule has 0 aromatic heterocycles. The summed E-state index contributed by atoms with van der Waals surface area (Å²) in [7, 11) is 3.23. The van der Waals surface area contributed by atoms with Crippen LogP contribution in [0.3, 0.4) is 0 Å². The van der Waals surface area contributed by atoms with Gasteiger partial charge in [0.2, 0.25) is 11.8 Å². The van der Waals surface area contributed by atoms with Gasteiger partial charge in [0.05, 0.1) is 26.2 Å². The Kier molecular flexibility index (Phi) is 8.05. The van der Waals surface area contributed by atoms with E-state index in [2.05, 4.69) is 5.32 Å². The normalized spacial score (nSPS) is 11.8. The average molecular weight is 337 g/mol. The Morgan fingerprint density at radius 2 is 1.88 bits per heavy atom. The average Bonchev–Trinajstić information content (AvgIpc) is 2.58. The number of carbonyl (C=O) groups is 2. The predicted molar refractivity (Wildman–Crippen MR) is 91.9 cm³/mol. The number of hydrogen-bond donors (Lipinski definition) is 2. The van der Waals surface area contributed by atoms with Gasteiger partial charge in [0.25, 0.3) is 0 Å². The lowest BCUT2D eigenvalue weighted by molar-refractivity contribution is -0.132. The monoisotopic (exact) mass is 337 g/mol. The van der Waals surface area contributed by atoms with Crippen LogP contribution in [-0.4, -0.2) is 56.6 Å². The molecule has 0 heterocycles. The maximum absolute atomic E-state index is 12.0. The number of ether oxygens (including phenoxy) is 2. The fraction of sp³-hybridized carbons (Fsp3) is 0.529. The summed E-state index contributed by atoms with van der Waals surface area (Å²) in [5, 5.41) is 2.55. The van der Waals surface area contributed by atoms with Crippen molar-refractivity contribution in [1.82, 2.24) is 10.2 Å². The van der Waals surface area contributed by atoms with Gasteiger partial charge < -0.3 is 25.4 Å². The second-order valence-corrected chi connectivity index (χ2v) is 5.80. The molecule has 1 atom stereocenters. The highest BCUT2D eigenvalue weighted by molar-refractivity contribution is 5.87. The summed E-state index contributed by atoms with van der Waals surface area (Å²) in [6.45, 7) is 4.34. The highest BCUT2D eigenvalue weighted by atomic mass is 16.5. The summed E-state index contributed by atoms with van der Waals surface area (Å²) in [6, 6.07) is 6.69. The Balaban J connectivity index is 2.35. The zero-order valence-corrected chi connectivity index (χ0v) is 14.7. The minimum atomic E-state index is -0.614. The van der Waals surface area contributed by atoms with Gasteiger partial charge in [-0.15, -0.1) is 0 Å². The number of carbonyl (C=O) groups excluding carboxylic acids is 2. The first-order valence-corrected chi connectivity index (χ1v) is 7.89. The first-order chi connectivity index (χ1) is 11.4. The molecular formula is C17H27N3O4. The second-order valence-electron chi connectivity index (χ2n) is 5.80. The van der Waals surface area contributed by atoms with E-state index in [0.29, 0.717) is 24.7 Å². The molecule has 0 spiro atoms. The number of benzene rings is 1. The molecule has 134 valence electrons. The number of para-hydroxylation sites is 2. The van der Waals surface area contributed by atoms with Crippen molar-refractivity contribution < 1.29 is 19.1 Å². The maximum Gasteiger partial charge on any atom is 0.241 e. The lowest BCUT2D eigenvalue weighted by atomic mass is 10.1. The topological polar surface area (TPSA) is 93.9 Å². The van der Waals surface area contributed by atoms with Gasteiger partial charge in [-0.05, 0) is 18.1 Å². The number of amides is 2. The third-order valence-corrected chi connectivity index (χ3v) is 3.61. The van der Waals surface area contributed by atoms with E-state index >= 15 is 0 Å². The molecule has 0 aliphatic heterocycles. The molecule has 0 fully saturated rings. The van der Waals surface area contributed by atoms with Gasteiger partial charge in [-0.3, -0.25) is 9.59 Å². The summed E-state index contributed by atoms with van der Waals surface area (Å²) >= 11 is 0. The zero-order chi connectivity index (χ0) is 18.1. The minimum absolute atomic E-state index is 0.0204. The van der Waals surface area contributed by atoms with Gasteiger partial charge in [0.15, 0.2) is 11.5 Å². The molecule has 0 radical (unpaired) electrons. The number of hydrogen-bond acceptors (Lipinski definition) is 5. The maximum atomic E-state index is 12.0. The van der Waals surface area contributed by atoms with E-state index in [0.717, 1.165) is 0 Å². The van der Waals surface area contributed by atoms with E-state index in [9.17, 15) is 9.59 Å². The molecule has 2 amide bonds. The van der Waals surface area contributed by atoms with E-state index in [1.54, 1.807) is 26.3 Å². The summed E-state index contributed by atoms with van der Waals surface area (Å²) in [5.41, 5.74) is 5.73.